The predicted molar refractivity (Wildman–Crippen MR) is 153 cm³/mol. The van der Waals surface area contributed by atoms with E-state index in [1.54, 1.807) is 0 Å². The zero-order valence-electron chi connectivity index (χ0n) is 24.0. The Balaban J connectivity index is 1.17. The molecule has 1 aromatic heterocycles. The molecule has 0 N–H and O–H groups in total. The summed E-state index contributed by atoms with van der Waals surface area (Å²) in [5, 5.41) is 9.66. The van der Waals surface area contributed by atoms with Crippen LogP contribution >= 0.6 is 0 Å². The van der Waals surface area contributed by atoms with Gasteiger partial charge in [-0.15, -0.1) is 0 Å². The molecule has 5 atom stereocenters. The second kappa shape index (κ2) is 11.4. The molecule has 0 bridgehead atoms. The van der Waals surface area contributed by atoms with Crippen LogP contribution < -0.4 is 29.6 Å². The number of nitriles is 1. The minimum atomic E-state index is -0.528. The number of aryl methyl sites for hydroxylation is 1. The summed E-state index contributed by atoms with van der Waals surface area (Å²) in [6, 6.07) is 12.1. The number of alkyl halides is 1. The number of ether oxygens (including phenoxy) is 1. The number of piperazine rings is 1. The molecule has 2 aromatic rings. The summed E-state index contributed by atoms with van der Waals surface area (Å²) < 4.78 is 12.9. The van der Waals surface area contributed by atoms with Crippen LogP contribution in [0.15, 0.2) is 36.9 Å². The van der Waals surface area contributed by atoms with Crippen LogP contribution in [0.1, 0.15) is 54.5 Å². The van der Waals surface area contributed by atoms with Gasteiger partial charge in [0.15, 0.2) is 0 Å². The molecule has 8 nitrogen and oxygen atoms in total. The third-order valence-corrected chi connectivity index (χ3v) is 12.8. The molecule has 0 saturated carbocycles. The summed E-state index contributed by atoms with van der Waals surface area (Å²) in [5.41, 5.74) is 5.78. The summed E-state index contributed by atoms with van der Waals surface area (Å²) in [7, 11) is 2.21. The van der Waals surface area contributed by atoms with Crippen LogP contribution in [0.4, 0.5) is 5.82 Å². The van der Waals surface area contributed by atoms with E-state index in [0.717, 1.165) is 57.7 Å². The number of aromatic nitrogens is 2. The van der Waals surface area contributed by atoms with Crippen molar-refractivity contribution >= 4 is 5.82 Å². The summed E-state index contributed by atoms with van der Waals surface area (Å²) >= 11 is -0.528. The van der Waals surface area contributed by atoms with E-state index in [4.69, 9.17) is 17.8 Å². The molecule has 3 saturated heterocycles. The topological polar surface area (TPSA) is 81.0 Å². The number of nitrogens with zero attached hydrogens (tertiary/aromatic N) is 6. The van der Waals surface area contributed by atoms with E-state index < -0.39 is 21.6 Å². The van der Waals surface area contributed by atoms with Gasteiger partial charge in [-0.1, -0.05) is 0 Å². The minimum absolute atomic E-state index is 0.0494. The quantitative estimate of drug-likeness (QED) is 0.142. The van der Waals surface area contributed by atoms with Gasteiger partial charge in [0, 0.05) is 0 Å². The van der Waals surface area contributed by atoms with Gasteiger partial charge in [-0.2, -0.15) is 0 Å². The van der Waals surface area contributed by atoms with E-state index in [9.17, 15) is 5.26 Å². The fourth-order valence-corrected chi connectivity index (χ4v) is 9.65. The van der Waals surface area contributed by atoms with Crippen molar-refractivity contribution in [2.24, 2.45) is 5.41 Å². The molecule has 9 heteroatoms. The van der Waals surface area contributed by atoms with Crippen LogP contribution in [-0.4, -0.2) is 75.4 Å². The molecule has 3 aliphatic heterocycles. The molecular weight excluding hydrogens is 627 g/mol. The van der Waals surface area contributed by atoms with Crippen molar-refractivity contribution in [2.75, 3.05) is 38.1 Å². The Morgan fingerprint density at radius 1 is 1.17 bits per heavy atom. The second-order valence-corrected chi connectivity index (χ2v) is 14.9. The van der Waals surface area contributed by atoms with E-state index in [1.807, 2.05) is 6.08 Å². The van der Waals surface area contributed by atoms with Crippen LogP contribution in [-0.2, 0) is 30.4 Å². The number of benzene rings is 1. The van der Waals surface area contributed by atoms with Crippen molar-refractivity contribution in [3.63, 3.8) is 0 Å². The second-order valence-electron chi connectivity index (χ2n) is 12.5. The van der Waals surface area contributed by atoms with Crippen LogP contribution in [0.5, 0.6) is 6.01 Å². The number of likely N-dealkylation sites (tertiary alicyclic amines) is 1. The molecule has 5 aliphatic rings. The van der Waals surface area contributed by atoms with Crippen molar-refractivity contribution in [2.45, 2.75) is 80.2 Å². The number of rotatable bonds is 7. The average Bonchev–Trinajstić information content (AvgIpc) is 3.67. The van der Waals surface area contributed by atoms with Crippen molar-refractivity contribution in [3.8, 4) is 12.1 Å². The first-order valence-electron chi connectivity index (χ1n) is 15.2. The number of hydrogen-bond acceptors (Lipinski definition) is 8. The Kier molecular flexibility index (Phi) is 7.69. The molecule has 1 aromatic carbocycles. The monoisotopic (exact) mass is 667 g/mol. The Labute approximate surface area is 254 Å². The van der Waals surface area contributed by atoms with Gasteiger partial charge in [-0.3, -0.25) is 0 Å². The molecule has 4 unspecified atom stereocenters. The number of fused-ring (bicyclic) bond motifs is 2. The molecular formula is C32H40IN6O2-. The van der Waals surface area contributed by atoms with Gasteiger partial charge in [0.2, 0.25) is 0 Å². The van der Waals surface area contributed by atoms with Crippen molar-refractivity contribution in [1.82, 2.24) is 19.8 Å². The van der Waals surface area contributed by atoms with Crippen LogP contribution in [0, 0.1) is 16.7 Å². The maximum atomic E-state index is 9.66. The van der Waals surface area contributed by atoms with Crippen molar-refractivity contribution < 1.29 is 29.4 Å². The molecule has 2 aliphatic carbocycles. The first-order valence-corrected chi connectivity index (χ1v) is 17.3. The third-order valence-electron chi connectivity index (χ3n) is 9.97. The molecule has 0 radical (unpaired) electrons. The SMILES string of the molecule is C=CC1OC1N1CCN(c2nc(O[I-]C3CCCN3C)nc3c2CCC2(CCc4ccccc4C2)C3)C[C@@H]1CC#N. The normalized spacial score (nSPS) is 31.5. The van der Waals surface area contributed by atoms with Gasteiger partial charge in [-0.05, 0) is 0 Å². The molecule has 1 spiro atoms. The molecule has 41 heavy (non-hydrogen) atoms. The van der Waals surface area contributed by atoms with E-state index in [-0.39, 0.29) is 23.8 Å². The predicted octanol–water partition coefficient (Wildman–Crippen LogP) is 0.890. The Bertz CT molecular complexity index is 1350. The number of epoxide rings is 1. The summed E-state index contributed by atoms with van der Waals surface area (Å²) in [6.07, 6.45) is 11.6. The molecule has 0 amide bonds. The number of halogens is 1. The zero-order chi connectivity index (χ0) is 28.0. The van der Waals surface area contributed by atoms with Gasteiger partial charge in [-0.25, -0.2) is 0 Å². The van der Waals surface area contributed by atoms with E-state index >= 15 is 0 Å². The van der Waals surface area contributed by atoms with Crippen LogP contribution in [0.3, 0.4) is 0 Å². The first-order chi connectivity index (χ1) is 20.1. The van der Waals surface area contributed by atoms with Gasteiger partial charge in [0.1, 0.15) is 0 Å². The van der Waals surface area contributed by atoms with E-state index in [0.29, 0.717) is 16.5 Å². The average molecular weight is 668 g/mol. The molecule has 218 valence electrons. The summed E-state index contributed by atoms with van der Waals surface area (Å²) in [4.78, 5) is 17.5. The standard InChI is InChI=1S/C32H40IN6O2/c1-3-27-30(40-27)39-18-17-38(21-24(39)12-15-34)29-25-11-14-32(13-10-22-7-4-5-8-23(22)19-32)20-26(25)35-31(36-29)41-33-28-9-6-16-37(28)2/h3-5,7-8,24,27-28,30H,1,6,9-14,16-21H2,2H3/q-1/t24-,27?,28?,30?,32?/m0/s1. The Morgan fingerprint density at radius 3 is 2.80 bits per heavy atom. The third kappa shape index (κ3) is 5.49. The molecule has 7 rings (SSSR count). The Morgan fingerprint density at radius 2 is 2.02 bits per heavy atom. The van der Waals surface area contributed by atoms with Gasteiger partial charge in [0.05, 0.1) is 0 Å². The van der Waals surface area contributed by atoms with E-state index in [1.165, 1.54) is 48.1 Å². The molecule has 4 heterocycles. The fraction of sp³-hybridized carbons (Fsp3) is 0.594. The van der Waals surface area contributed by atoms with Crippen molar-refractivity contribution in [1.29, 1.82) is 5.26 Å². The van der Waals surface area contributed by atoms with Crippen molar-refractivity contribution in [3.05, 3.63) is 59.3 Å². The zero-order valence-corrected chi connectivity index (χ0v) is 26.1. The number of anilines is 1. The molecule has 3 fully saturated rings. The van der Waals surface area contributed by atoms with Crippen LogP contribution in [0.2, 0.25) is 0 Å². The summed E-state index contributed by atoms with van der Waals surface area (Å²) in [6.45, 7) is 7.51. The van der Waals surface area contributed by atoms with Gasteiger partial charge in [0.25, 0.3) is 0 Å². The van der Waals surface area contributed by atoms with Gasteiger partial charge >= 0.3 is 255 Å². The van der Waals surface area contributed by atoms with Gasteiger partial charge < -0.3 is 0 Å². The Hall–Kier alpha value is -2.26. The summed E-state index contributed by atoms with van der Waals surface area (Å²) in [5.74, 6) is 1.04. The van der Waals surface area contributed by atoms with E-state index in [2.05, 4.69) is 58.7 Å². The number of hydrogen-bond donors (Lipinski definition) is 0. The first kappa shape index (κ1) is 27.6. The maximum absolute atomic E-state index is 9.66. The van der Waals surface area contributed by atoms with Crippen LogP contribution in [0.25, 0.3) is 0 Å². The fourth-order valence-electron chi connectivity index (χ4n) is 7.57.